The first-order valence-electron chi connectivity index (χ1n) is 4.26. The van der Waals surface area contributed by atoms with Gasteiger partial charge in [0.25, 0.3) is 0 Å². The topological polar surface area (TPSA) is 34.9 Å². The molecule has 0 amide bonds. The van der Waals surface area contributed by atoms with Gasteiger partial charge in [-0.2, -0.15) is 5.10 Å². The van der Waals surface area contributed by atoms with E-state index in [1.807, 2.05) is 7.05 Å². The van der Waals surface area contributed by atoms with Crippen molar-refractivity contribution in [2.75, 3.05) is 0 Å². The Labute approximate surface area is 71.4 Å². The molecule has 1 aromatic rings. The monoisotopic (exact) mass is 164 g/mol. The standard InChI is InChI=1S/C9H12N2O/c1-6(12)9-7-4-3-5-8(7)10-11(9)2/h3-5H2,1-2H3. The quantitative estimate of drug-likeness (QED) is 0.583. The van der Waals surface area contributed by atoms with E-state index in [2.05, 4.69) is 5.10 Å². The van der Waals surface area contributed by atoms with Crippen LogP contribution in [-0.4, -0.2) is 15.6 Å². The number of nitrogens with zero attached hydrogens (tertiary/aromatic N) is 2. The molecule has 0 unspecified atom stereocenters. The molecule has 1 aliphatic rings. The maximum absolute atomic E-state index is 11.2. The number of hydrogen-bond acceptors (Lipinski definition) is 2. The highest BCUT2D eigenvalue weighted by Crippen LogP contribution is 2.24. The maximum atomic E-state index is 11.2. The van der Waals surface area contributed by atoms with Crippen molar-refractivity contribution in [2.24, 2.45) is 7.05 Å². The summed E-state index contributed by atoms with van der Waals surface area (Å²) >= 11 is 0. The van der Waals surface area contributed by atoms with E-state index in [1.165, 1.54) is 5.56 Å². The molecule has 0 aliphatic heterocycles. The maximum Gasteiger partial charge on any atom is 0.178 e. The van der Waals surface area contributed by atoms with Gasteiger partial charge >= 0.3 is 0 Å². The number of aryl methyl sites for hydroxylation is 2. The van der Waals surface area contributed by atoms with Crippen molar-refractivity contribution in [2.45, 2.75) is 26.2 Å². The average Bonchev–Trinajstić information content (AvgIpc) is 2.44. The zero-order chi connectivity index (χ0) is 8.72. The van der Waals surface area contributed by atoms with E-state index in [4.69, 9.17) is 0 Å². The van der Waals surface area contributed by atoms with Gasteiger partial charge in [-0.25, -0.2) is 0 Å². The van der Waals surface area contributed by atoms with Crippen LogP contribution in [-0.2, 0) is 19.9 Å². The van der Waals surface area contributed by atoms with E-state index < -0.39 is 0 Å². The number of carbonyl (C=O) groups is 1. The molecule has 64 valence electrons. The Morgan fingerprint density at radius 1 is 1.50 bits per heavy atom. The average molecular weight is 164 g/mol. The smallest absolute Gasteiger partial charge is 0.178 e. The largest absolute Gasteiger partial charge is 0.293 e. The fourth-order valence-electron chi connectivity index (χ4n) is 1.96. The molecule has 0 aromatic carbocycles. The van der Waals surface area contributed by atoms with Crippen LogP contribution in [0.1, 0.15) is 35.1 Å². The molecule has 0 saturated carbocycles. The van der Waals surface area contributed by atoms with Crippen molar-refractivity contribution < 1.29 is 4.79 Å². The Morgan fingerprint density at radius 2 is 2.25 bits per heavy atom. The van der Waals surface area contributed by atoms with E-state index in [0.29, 0.717) is 0 Å². The predicted octanol–water partition coefficient (Wildman–Crippen LogP) is 1.11. The molecule has 0 N–H and O–H groups in total. The number of Topliss-reactive ketones (excluding diaryl/α,β-unsaturated/α-hetero) is 1. The molecule has 12 heavy (non-hydrogen) atoms. The van der Waals surface area contributed by atoms with Gasteiger partial charge in [-0.05, 0) is 19.3 Å². The summed E-state index contributed by atoms with van der Waals surface area (Å²) in [6.45, 7) is 1.61. The molecule has 0 spiro atoms. The van der Waals surface area contributed by atoms with E-state index in [0.717, 1.165) is 30.7 Å². The first-order chi connectivity index (χ1) is 5.70. The van der Waals surface area contributed by atoms with Crippen LogP contribution >= 0.6 is 0 Å². The number of fused-ring (bicyclic) bond motifs is 1. The van der Waals surface area contributed by atoms with Gasteiger partial charge in [-0.1, -0.05) is 0 Å². The fraction of sp³-hybridized carbons (Fsp3) is 0.556. The molecule has 0 fully saturated rings. The van der Waals surface area contributed by atoms with Gasteiger partial charge in [0, 0.05) is 19.5 Å². The highest BCUT2D eigenvalue weighted by Gasteiger charge is 2.22. The second kappa shape index (κ2) is 2.44. The molecule has 0 bridgehead atoms. The van der Waals surface area contributed by atoms with Crippen LogP contribution in [0.2, 0.25) is 0 Å². The lowest BCUT2D eigenvalue weighted by molar-refractivity contribution is 0.100. The minimum absolute atomic E-state index is 0.133. The molecule has 1 aromatic heterocycles. The molecule has 2 rings (SSSR count). The van der Waals surface area contributed by atoms with Gasteiger partial charge in [-0.15, -0.1) is 0 Å². The van der Waals surface area contributed by atoms with Crippen LogP contribution in [0.5, 0.6) is 0 Å². The van der Waals surface area contributed by atoms with Crippen molar-refractivity contribution in [1.29, 1.82) is 0 Å². The van der Waals surface area contributed by atoms with Gasteiger partial charge in [0.05, 0.1) is 5.69 Å². The predicted molar refractivity (Wildman–Crippen MR) is 45.2 cm³/mol. The lowest BCUT2D eigenvalue weighted by atomic mass is 10.1. The molecule has 1 aliphatic carbocycles. The second-order valence-corrected chi connectivity index (χ2v) is 3.31. The summed E-state index contributed by atoms with van der Waals surface area (Å²) in [7, 11) is 1.84. The van der Waals surface area contributed by atoms with Crippen LogP contribution in [0.25, 0.3) is 0 Å². The number of hydrogen-bond donors (Lipinski definition) is 0. The van der Waals surface area contributed by atoms with Gasteiger partial charge in [0.2, 0.25) is 0 Å². The summed E-state index contributed by atoms with van der Waals surface area (Å²) in [5, 5.41) is 4.31. The molecule has 1 heterocycles. The van der Waals surface area contributed by atoms with E-state index >= 15 is 0 Å². The van der Waals surface area contributed by atoms with Crippen molar-refractivity contribution >= 4 is 5.78 Å². The molecular weight excluding hydrogens is 152 g/mol. The van der Waals surface area contributed by atoms with Crippen LogP contribution in [0.15, 0.2) is 0 Å². The van der Waals surface area contributed by atoms with Gasteiger partial charge in [0.15, 0.2) is 5.78 Å². The molecule has 0 radical (unpaired) electrons. The van der Waals surface area contributed by atoms with Crippen LogP contribution < -0.4 is 0 Å². The minimum Gasteiger partial charge on any atom is -0.293 e. The van der Waals surface area contributed by atoms with Crippen molar-refractivity contribution in [3.63, 3.8) is 0 Å². The Morgan fingerprint density at radius 3 is 2.92 bits per heavy atom. The van der Waals surface area contributed by atoms with Gasteiger partial charge in [-0.3, -0.25) is 9.48 Å². The normalized spacial score (nSPS) is 14.8. The van der Waals surface area contributed by atoms with E-state index in [9.17, 15) is 4.79 Å². The fourth-order valence-corrected chi connectivity index (χ4v) is 1.96. The van der Waals surface area contributed by atoms with Crippen LogP contribution in [0.4, 0.5) is 0 Å². The molecular formula is C9H12N2O. The minimum atomic E-state index is 0.133. The highest BCUT2D eigenvalue weighted by atomic mass is 16.1. The summed E-state index contributed by atoms with van der Waals surface area (Å²) in [4.78, 5) is 11.2. The third kappa shape index (κ3) is 0.891. The molecule has 3 nitrogen and oxygen atoms in total. The number of rotatable bonds is 1. The first kappa shape index (κ1) is 7.53. The van der Waals surface area contributed by atoms with Gasteiger partial charge < -0.3 is 0 Å². The van der Waals surface area contributed by atoms with Crippen molar-refractivity contribution in [3.05, 3.63) is 17.0 Å². The Bertz CT molecular complexity index is 339. The SMILES string of the molecule is CC(=O)c1c2c(nn1C)CCC2. The number of carbonyl (C=O) groups excluding carboxylic acids is 1. The molecule has 0 saturated heterocycles. The third-order valence-electron chi connectivity index (χ3n) is 2.40. The van der Waals surface area contributed by atoms with Crippen molar-refractivity contribution in [3.8, 4) is 0 Å². The summed E-state index contributed by atoms with van der Waals surface area (Å²) < 4.78 is 1.71. The van der Waals surface area contributed by atoms with E-state index in [1.54, 1.807) is 11.6 Å². The van der Waals surface area contributed by atoms with Crippen LogP contribution in [0, 0.1) is 0 Å². The number of ketones is 1. The Hall–Kier alpha value is -1.12. The summed E-state index contributed by atoms with van der Waals surface area (Å²) in [6.07, 6.45) is 3.22. The highest BCUT2D eigenvalue weighted by molar-refractivity contribution is 5.94. The summed E-state index contributed by atoms with van der Waals surface area (Å²) in [6, 6.07) is 0. The summed E-state index contributed by atoms with van der Waals surface area (Å²) in [5.41, 5.74) is 3.12. The summed E-state index contributed by atoms with van der Waals surface area (Å²) in [5.74, 6) is 0.133. The lowest BCUT2D eigenvalue weighted by Gasteiger charge is -1.98. The van der Waals surface area contributed by atoms with E-state index in [-0.39, 0.29) is 5.78 Å². The first-order valence-corrected chi connectivity index (χ1v) is 4.26. The zero-order valence-corrected chi connectivity index (χ0v) is 7.42. The van der Waals surface area contributed by atoms with Crippen molar-refractivity contribution in [1.82, 2.24) is 9.78 Å². The Kier molecular flexibility index (Phi) is 1.53. The third-order valence-corrected chi connectivity index (χ3v) is 2.40. The lowest BCUT2D eigenvalue weighted by Crippen LogP contribution is -2.05. The van der Waals surface area contributed by atoms with Gasteiger partial charge in [0.1, 0.15) is 5.69 Å². The molecule has 3 heteroatoms. The van der Waals surface area contributed by atoms with Crippen LogP contribution in [0.3, 0.4) is 0 Å². The zero-order valence-electron chi connectivity index (χ0n) is 7.42. The second-order valence-electron chi connectivity index (χ2n) is 3.31. The Balaban J connectivity index is 2.59. The molecule has 0 atom stereocenters. The number of aromatic nitrogens is 2.